The molecule has 0 amide bonds. The Hall–Kier alpha value is -1.84. The van der Waals surface area contributed by atoms with Crippen molar-refractivity contribution in [2.45, 2.75) is 32.8 Å². The molecule has 1 aliphatic heterocycles. The molecule has 3 atom stereocenters. The Labute approximate surface area is 113 Å². The van der Waals surface area contributed by atoms with Crippen LogP contribution in [0.4, 0.5) is 0 Å². The number of esters is 1. The second kappa shape index (κ2) is 5.43. The lowest BCUT2D eigenvalue weighted by molar-refractivity contribution is -0.139. The number of oxime groups is 1. The number of hydrogen-bond acceptors (Lipinski definition) is 4. The molecule has 19 heavy (non-hydrogen) atoms. The van der Waals surface area contributed by atoms with Crippen molar-refractivity contribution < 1.29 is 14.7 Å². The zero-order valence-corrected chi connectivity index (χ0v) is 11.3. The average molecular weight is 261 g/mol. The molecule has 1 fully saturated rings. The number of allylic oxidation sites excluding steroid dienone is 4. The Kier molecular flexibility index (Phi) is 3.88. The summed E-state index contributed by atoms with van der Waals surface area (Å²) in [5.74, 6) is 0.155. The number of carbonyl (C=O) groups is 1. The van der Waals surface area contributed by atoms with Crippen LogP contribution in [0, 0.1) is 11.8 Å². The zero-order valence-electron chi connectivity index (χ0n) is 11.3. The van der Waals surface area contributed by atoms with Crippen molar-refractivity contribution in [3.63, 3.8) is 0 Å². The molecular weight excluding hydrogens is 242 g/mol. The van der Waals surface area contributed by atoms with Crippen LogP contribution >= 0.6 is 0 Å². The van der Waals surface area contributed by atoms with Gasteiger partial charge in [0.25, 0.3) is 0 Å². The predicted octanol–water partition coefficient (Wildman–Crippen LogP) is 2.85. The first-order valence-corrected chi connectivity index (χ1v) is 6.49. The van der Waals surface area contributed by atoms with E-state index in [1.54, 1.807) is 13.0 Å². The fourth-order valence-corrected chi connectivity index (χ4v) is 2.61. The van der Waals surface area contributed by atoms with Crippen LogP contribution in [0.25, 0.3) is 0 Å². The van der Waals surface area contributed by atoms with Crippen LogP contribution < -0.4 is 0 Å². The molecule has 1 saturated heterocycles. The van der Waals surface area contributed by atoms with Gasteiger partial charge in [0, 0.05) is 11.5 Å². The summed E-state index contributed by atoms with van der Waals surface area (Å²) < 4.78 is 5.36. The zero-order chi connectivity index (χ0) is 14.0. The minimum absolute atomic E-state index is 0.0512. The van der Waals surface area contributed by atoms with E-state index in [9.17, 15) is 4.79 Å². The van der Waals surface area contributed by atoms with Gasteiger partial charge in [0.1, 0.15) is 6.10 Å². The number of nitrogens with zero attached hydrogens (tertiary/aromatic N) is 1. The highest BCUT2D eigenvalue weighted by Crippen LogP contribution is 2.38. The maximum absolute atomic E-state index is 11.5. The summed E-state index contributed by atoms with van der Waals surface area (Å²) in [6.45, 7) is 7.67. The van der Waals surface area contributed by atoms with Gasteiger partial charge < -0.3 is 9.94 Å². The fourth-order valence-electron chi connectivity index (χ4n) is 2.61. The minimum atomic E-state index is -0.252. The number of ether oxygens (including phenoxy) is 1. The monoisotopic (exact) mass is 261 g/mol. The normalized spacial score (nSPS) is 32.0. The third kappa shape index (κ3) is 2.78. The van der Waals surface area contributed by atoms with Crippen LogP contribution in [0.15, 0.2) is 41.1 Å². The Morgan fingerprint density at radius 3 is 3.05 bits per heavy atom. The van der Waals surface area contributed by atoms with Crippen LogP contribution in [-0.2, 0) is 9.53 Å². The van der Waals surface area contributed by atoms with Gasteiger partial charge in [-0.3, -0.25) is 0 Å². The molecule has 0 radical (unpaired) electrons. The van der Waals surface area contributed by atoms with E-state index in [0.29, 0.717) is 17.2 Å². The van der Waals surface area contributed by atoms with Crippen LogP contribution in [0.1, 0.15) is 26.7 Å². The van der Waals surface area contributed by atoms with Gasteiger partial charge in [-0.05, 0) is 37.3 Å². The summed E-state index contributed by atoms with van der Waals surface area (Å²) in [5, 5.41) is 11.7. The Bertz CT molecular complexity index is 488. The van der Waals surface area contributed by atoms with Crippen molar-refractivity contribution in [1.82, 2.24) is 0 Å². The van der Waals surface area contributed by atoms with Crippen molar-refractivity contribution in [3.8, 4) is 0 Å². The number of hydrogen-bond donors (Lipinski definition) is 1. The summed E-state index contributed by atoms with van der Waals surface area (Å²) >= 11 is 0. The molecule has 1 N–H and O–H groups in total. The Balaban J connectivity index is 2.16. The van der Waals surface area contributed by atoms with E-state index in [-0.39, 0.29) is 18.0 Å². The SMILES string of the molecule is C=C1C(=O)O[C@@H]2C[C@H](C)C(/C=C/C(C)=N\O)=CC[C@H]12. The molecule has 0 spiro atoms. The number of carbonyl (C=O) groups excluding carboxylic acids is 1. The summed E-state index contributed by atoms with van der Waals surface area (Å²) in [4.78, 5) is 11.5. The quantitative estimate of drug-likeness (QED) is 0.273. The standard InChI is InChI=1S/C15H19NO3/c1-9-8-14-13(11(3)15(17)19-14)7-6-12(9)5-4-10(2)16-18/h4-6,9,13-14,18H,3,7-8H2,1-2H3/b5-4+,16-10-/t9-,13+,14+/m0/s1. The maximum Gasteiger partial charge on any atom is 0.334 e. The van der Waals surface area contributed by atoms with Crippen molar-refractivity contribution in [2.24, 2.45) is 17.0 Å². The van der Waals surface area contributed by atoms with Crippen LogP contribution in [0.5, 0.6) is 0 Å². The van der Waals surface area contributed by atoms with E-state index in [2.05, 4.69) is 24.7 Å². The van der Waals surface area contributed by atoms with Gasteiger partial charge in [0.2, 0.25) is 0 Å². The smallest absolute Gasteiger partial charge is 0.334 e. The highest BCUT2D eigenvalue weighted by atomic mass is 16.6. The summed E-state index contributed by atoms with van der Waals surface area (Å²) in [6, 6.07) is 0. The second-order valence-corrected chi connectivity index (χ2v) is 5.23. The third-order valence-electron chi connectivity index (χ3n) is 3.85. The topological polar surface area (TPSA) is 58.9 Å². The van der Waals surface area contributed by atoms with Gasteiger partial charge >= 0.3 is 5.97 Å². The molecule has 2 rings (SSSR count). The maximum atomic E-state index is 11.5. The van der Waals surface area contributed by atoms with Gasteiger partial charge in [-0.25, -0.2) is 4.79 Å². The minimum Gasteiger partial charge on any atom is -0.458 e. The lowest BCUT2D eigenvalue weighted by atomic mass is 9.91. The highest BCUT2D eigenvalue weighted by molar-refractivity contribution is 5.92. The first-order valence-electron chi connectivity index (χ1n) is 6.49. The summed E-state index contributed by atoms with van der Waals surface area (Å²) in [7, 11) is 0. The van der Waals surface area contributed by atoms with E-state index < -0.39 is 0 Å². The largest absolute Gasteiger partial charge is 0.458 e. The molecule has 0 aromatic carbocycles. The highest BCUT2D eigenvalue weighted by Gasteiger charge is 2.40. The van der Waals surface area contributed by atoms with E-state index >= 15 is 0 Å². The van der Waals surface area contributed by atoms with Crippen molar-refractivity contribution in [3.05, 3.63) is 36.0 Å². The van der Waals surface area contributed by atoms with Crippen LogP contribution in [0.2, 0.25) is 0 Å². The molecule has 0 unspecified atom stereocenters. The van der Waals surface area contributed by atoms with Crippen molar-refractivity contribution >= 4 is 11.7 Å². The first kappa shape index (κ1) is 13.6. The molecule has 0 saturated carbocycles. The van der Waals surface area contributed by atoms with Gasteiger partial charge in [-0.2, -0.15) is 0 Å². The van der Waals surface area contributed by atoms with Crippen molar-refractivity contribution in [2.75, 3.05) is 0 Å². The van der Waals surface area contributed by atoms with E-state index in [4.69, 9.17) is 9.94 Å². The molecule has 102 valence electrons. The fraction of sp³-hybridized carbons (Fsp3) is 0.467. The summed E-state index contributed by atoms with van der Waals surface area (Å²) in [5.41, 5.74) is 2.33. The molecule has 0 aromatic rings. The molecular formula is C15H19NO3. The van der Waals surface area contributed by atoms with Crippen molar-refractivity contribution in [1.29, 1.82) is 0 Å². The molecule has 0 aromatic heterocycles. The first-order chi connectivity index (χ1) is 9.02. The molecule has 4 nitrogen and oxygen atoms in total. The van der Waals surface area contributed by atoms with E-state index in [1.807, 2.05) is 6.08 Å². The predicted molar refractivity (Wildman–Crippen MR) is 73.0 cm³/mol. The van der Waals surface area contributed by atoms with Gasteiger partial charge in [0.15, 0.2) is 0 Å². The molecule has 2 aliphatic rings. The Morgan fingerprint density at radius 2 is 2.37 bits per heavy atom. The van der Waals surface area contributed by atoms with Gasteiger partial charge in [-0.1, -0.05) is 30.8 Å². The van der Waals surface area contributed by atoms with Crippen LogP contribution in [-0.4, -0.2) is 23.0 Å². The summed E-state index contributed by atoms with van der Waals surface area (Å²) in [6.07, 6.45) is 7.40. The molecule has 4 heteroatoms. The molecule has 1 aliphatic carbocycles. The number of fused-ring (bicyclic) bond motifs is 1. The molecule has 1 heterocycles. The van der Waals surface area contributed by atoms with E-state index in [1.165, 1.54) is 5.57 Å². The van der Waals surface area contributed by atoms with E-state index in [0.717, 1.165) is 12.8 Å². The lowest BCUT2D eigenvalue weighted by Crippen LogP contribution is -2.17. The molecule has 0 bridgehead atoms. The average Bonchev–Trinajstić information content (AvgIpc) is 2.56. The second-order valence-electron chi connectivity index (χ2n) is 5.23. The lowest BCUT2D eigenvalue weighted by Gasteiger charge is -2.17. The van der Waals surface area contributed by atoms with Crippen LogP contribution in [0.3, 0.4) is 0 Å². The third-order valence-corrected chi connectivity index (χ3v) is 3.85. The number of rotatable bonds is 2. The van der Waals surface area contributed by atoms with Gasteiger partial charge in [0.05, 0.1) is 5.71 Å². The Morgan fingerprint density at radius 1 is 1.63 bits per heavy atom. The van der Waals surface area contributed by atoms with Gasteiger partial charge in [-0.15, -0.1) is 0 Å².